The summed E-state index contributed by atoms with van der Waals surface area (Å²) in [5, 5.41) is 14.5. The van der Waals surface area contributed by atoms with Crippen molar-refractivity contribution in [2.24, 2.45) is 0 Å². The zero-order valence-electron chi connectivity index (χ0n) is 11.2. The highest BCUT2D eigenvalue weighted by molar-refractivity contribution is 7.80. The Morgan fingerprint density at radius 3 is 2.50 bits per heavy atom. The van der Waals surface area contributed by atoms with Crippen LogP contribution in [0, 0.1) is 0 Å². The predicted octanol–water partition coefficient (Wildman–Crippen LogP) is 3.17. The molecular formula is C15H11ClN2O3S. The van der Waals surface area contributed by atoms with Crippen molar-refractivity contribution in [1.29, 1.82) is 0 Å². The second-order valence-electron chi connectivity index (χ2n) is 4.27. The summed E-state index contributed by atoms with van der Waals surface area (Å²) >= 11 is 11.0. The Kier molecular flexibility index (Phi) is 5.08. The van der Waals surface area contributed by atoms with Crippen LogP contribution >= 0.6 is 23.8 Å². The standard InChI is InChI=1S/C15H11ClN2O3S/c16-12-7-2-1-6-11(12)13(19)18-15(22)17-10-5-3-4-9(8-10)14(20)21/h1-8H,(H,20,21)(H2,17,18,19,22). The third-order valence-electron chi connectivity index (χ3n) is 2.71. The van der Waals surface area contributed by atoms with E-state index in [0.717, 1.165) is 0 Å². The molecule has 7 heteroatoms. The number of thiocarbonyl (C=S) groups is 1. The van der Waals surface area contributed by atoms with Crippen molar-refractivity contribution in [2.45, 2.75) is 0 Å². The lowest BCUT2D eigenvalue weighted by atomic mass is 10.2. The van der Waals surface area contributed by atoms with Crippen LogP contribution in [0.3, 0.4) is 0 Å². The van der Waals surface area contributed by atoms with Crippen molar-refractivity contribution in [3.63, 3.8) is 0 Å². The van der Waals surface area contributed by atoms with Gasteiger partial charge in [0.05, 0.1) is 16.1 Å². The number of hydrogen-bond donors (Lipinski definition) is 3. The van der Waals surface area contributed by atoms with Crippen molar-refractivity contribution < 1.29 is 14.7 Å². The van der Waals surface area contributed by atoms with E-state index in [1.807, 2.05) is 0 Å². The van der Waals surface area contributed by atoms with Crippen LogP contribution < -0.4 is 10.6 Å². The summed E-state index contributed by atoms with van der Waals surface area (Å²) in [4.78, 5) is 22.9. The second-order valence-corrected chi connectivity index (χ2v) is 5.09. The first kappa shape index (κ1) is 15.9. The fourth-order valence-electron chi connectivity index (χ4n) is 1.71. The van der Waals surface area contributed by atoms with E-state index in [9.17, 15) is 9.59 Å². The zero-order chi connectivity index (χ0) is 16.1. The lowest BCUT2D eigenvalue weighted by Gasteiger charge is -2.10. The summed E-state index contributed by atoms with van der Waals surface area (Å²) in [7, 11) is 0. The monoisotopic (exact) mass is 334 g/mol. The number of carbonyl (C=O) groups excluding carboxylic acids is 1. The van der Waals surface area contributed by atoms with E-state index in [1.54, 1.807) is 36.4 Å². The van der Waals surface area contributed by atoms with Gasteiger partial charge in [-0.1, -0.05) is 29.8 Å². The minimum Gasteiger partial charge on any atom is -0.478 e. The number of nitrogens with one attached hydrogen (secondary N) is 2. The van der Waals surface area contributed by atoms with E-state index >= 15 is 0 Å². The van der Waals surface area contributed by atoms with Gasteiger partial charge in [-0.2, -0.15) is 0 Å². The SMILES string of the molecule is O=C(O)c1cccc(NC(=S)NC(=O)c2ccccc2Cl)c1. The summed E-state index contributed by atoms with van der Waals surface area (Å²) in [6, 6.07) is 12.7. The molecule has 0 aliphatic carbocycles. The molecule has 1 amide bonds. The van der Waals surface area contributed by atoms with Gasteiger partial charge in [-0.05, 0) is 42.5 Å². The Balaban J connectivity index is 2.04. The minimum atomic E-state index is -1.05. The van der Waals surface area contributed by atoms with Crippen molar-refractivity contribution in [1.82, 2.24) is 5.32 Å². The largest absolute Gasteiger partial charge is 0.478 e. The molecular weight excluding hydrogens is 324 g/mol. The van der Waals surface area contributed by atoms with Crippen LogP contribution in [0.2, 0.25) is 5.02 Å². The first-order valence-electron chi connectivity index (χ1n) is 6.17. The number of aromatic carboxylic acids is 1. The Bertz CT molecular complexity index is 749. The van der Waals surface area contributed by atoms with Crippen LogP contribution in [0.25, 0.3) is 0 Å². The normalized spacial score (nSPS) is 9.86. The maximum atomic E-state index is 12.0. The Labute approximate surface area is 136 Å². The molecule has 0 fully saturated rings. The molecule has 0 bridgehead atoms. The number of carbonyl (C=O) groups is 2. The lowest BCUT2D eigenvalue weighted by molar-refractivity contribution is 0.0696. The molecule has 0 radical (unpaired) electrons. The number of halogens is 1. The maximum absolute atomic E-state index is 12.0. The summed E-state index contributed by atoms with van der Waals surface area (Å²) in [5.41, 5.74) is 0.877. The van der Waals surface area contributed by atoms with E-state index in [1.165, 1.54) is 12.1 Å². The Hall–Kier alpha value is -2.44. The number of carboxylic acid groups (broad SMARTS) is 1. The van der Waals surface area contributed by atoms with E-state index in [2.05, 4.69) is 10.6 Å². The van der Waals surface area contributed by atoms with Gasteiger partial charge in [0.1, 0.15) is 0 Å². The van der Waals surface area contributed by atoms with Gasteiger partial charge in [0.15, 0.2) is 5.11 Å². The Morgan fingerprint density at radius 2 is 1.82 bits per heavy atom. The van der Waals surface area contributed by atoms with Crippen molar-refractivity contribution in [2.75, 3.05) is 5.32 Å². The average Bonchev–Trinajstić information content (AvgIpc) is 2.47. The number of benzene rings is 2. The summed E-state index contributed by atoms with van der Waals surface area (Å²) in [6.07, 6.45) is 0. The van der Waals surface area contributed by atoms with Crippen molar-refractivity contribution in [3.05, 3.63) is 64.7 Å². The molecule has 112 valence electrons. The number of rotatable bonds is 3. The van der Waals surface area contributed by atoms with Crippen LogP contribution in [0.5, 0.6) is 0 Å². The smallest absolute Gasteiger partial charge is 0.335 e. The fourth-order valence-corrected chi connectivity index (χ4v) is 2.14. The van der Waals surface area contributed by atoms with Gasteiger partial charge in [-0.15, -0.1) is 0 Å². The molecule has 5 nitrogen and oxygen atoms in total. The average molecular weight is 335 g/mol. The highest BCUT2D eigenvalue weighted by Gasteiger charge is 2.11. The molecule has 0 saturated carbocycles. The fraction of sp³-hybridized carbons (Fsp3) is 0. The van der Waals surface area contributed by atoms with Gasteiger partial charge >= 0.3 is 5.97 Å². The van der Waals surface area contributed by atoms with Crippen molar-refractivity contribution >= 4 is 46.5 Å². The van der Waals surface area contributed by atoms with E-state index in [4.69, 9.17) is 28.9 Å². The van der Waals surface area contributed by atoms with E-state index in [-0.39, 0.29) is 10.7 Å². The zero-order valence-corrected chi connectivity index (χ0v) is 12.7. The summed E-state index contributed by atoms with van der Waals surface area (Å²) in [6.45, 7) is 0. The second kappa shape index (κ2) is 7.02. The maximum Gasteiger partial charge on any atom is 0.335 e. The number of anilines is 1. The van der Waals surface area contributed by atoms with Gasteiger partial charge < -0.3 is 10.4 Å². The number of carboxylic acids is 1. The molecule has 0 aromatic heterocycles. The minimum absolute atomic E-state index is 0.0486. The number of amides is 1. The first-order valence-corrected chi connectivity index (χ1v) is 6.96. The first-order chi connectivity index (χ1) is 10.5. The molecule has 3 N–H and O–H groups in total. The van der Waals surface area contributed by atoms with Gasteiger partial charge in [0.2, 0.25) is 0 Å². The van der Waals surface area contributed by atoms with Crippen LogP contribution in [0.15, 0.2) is 48.5 Å². The lowest BCUT2D eigenvalue weighted by Crippen LogP contribution is -2.34. The molecule has 0 saturated heterocycles. The number of hydrogen-bond acceptors (Lipinski definition) is 3. The molecule has 0 heterocycles. The van der Waals surface area contributed by atoms with Crippen molar-refractivity contribution in [3.8, 4) is 0 Å². The van der Waals surface area contributed by atoms with Gasteiger partial charge in [0.25, 0.3) is 5.91 Å². The molecule has 22 heavy (non-hydrogen) atoms. The molecule has 0 aliphatic heterocycles. The molecule has 2 rings (SSSR count). The highest BCUT2D eigenvalue weighted by Crippen LogP contribution is 2.15. The van der Waals surface area contributed by atoms with Gasteiger partial charge in [-0.25, -0.2) is 4.79 Å². The van der Waals surface area contributed by atoms with Crippen LogP contribution in [0.4, 0.5) is 5.69 Å². The summed E-state index contributed by atoms with van der Waals surface area (Å²) < 4.78 is 0. The third kappa shape index (κ3) is 4.03. The van der Waals surface area contributed by atoms with Crippen LogP contribution in [-0.4, -0.2) is 22.1 Å². The van der Waals surface area contributed by atoms with E-state index < -0.39 is 11.9 Å². The Morgan fingerprint density at radius 1 is 1.09 bits per heavy atom. The molecule has 2 aromatic rings. The molecule has 0 aliphatic rings. The predicted molar refractivity (Wildman–Crippen MR) is 88.5 cm³/mol. The molecule has 0 spiro atoms. The molecule has 2 aromatic carbocycles. The molecule has 0 atom stereocenters. The van der Waals surface area contributed by atoms with Crippen LogP contribution in [0.1, 0.15) is 20.7 Å². The topological polar surface area (TPSA) is 78.4 Å². The molecule has 0 unspecified atom stereocenters. The third-order valence-corrected chi connectivity index (χ3v) is 3.25. The summed E-state index contributed by atoms with van der Waals surface area (Å²) in [5.74, 6) is -1.49. The highest BCUT2D eigenvalue weighted by atomic mass is 35.5. The van der Waals surface area contributed by atoms with E-state index in [0.29, 0.717) is 16.3 Å². The quantitative estimate of drug-likeness (QED) is 0.751. The van der Waals surface area contributed by atoms with Gasteiger partial charge in [-0.3, -0.25) is 10.1 Å². The van der Waals surface area contributed by atoms with Gasteiger partial charge in [0, 0.05) is 5.69 Å². The van der Waals surface area contributed by atoms with Crippen LogP contribution in [-0.2, 0) is 0 Å².